The molecule has 0 bridgehead atoms. The zero-order valence-corrected chi connectivity index (χ0v) is 12.7. The van der Waals surface area contributed by atoms with E-state index < -0.39 is 0 Å². The summed E-state index contributed by atoms with van der Waals surface area (Å²) < 4.78 is 5.64. The van der Waals surface area contributed by atoms with Crippen LogP contribution in [0.3, 0.4) is 0 Å². The van der Waals surface area contributed by atoms with Crippen molar-refractivity contribution in [2.75, 3.05) is 24.5 Å². The number of ketones is 1. The zero-order chi connectivity index (χ0) is 16.1. The van der Waals surface area contributed by atoms with Crippen LogP contribution in [0, 0.1) is 0 Å². The molecule has 118 valence electrons. The molecule has 1 aliphatic heterocycles. The minimum atomic E-state index is -0.244. The second-order valence-electron chi connectivity index (χ2n) is 5.14. The summed E-state index contributed by atoms with van der Waals surface area (Å²) >= 11 is 0. The number of hydrogen-bond donors (Lipinski definition) is 0. The average molecular weight is 304 g/mol. The number of amides is 2. The van der Waals surface area contributed by atoms with Gasteiger partial charge in [-0.3, -0.25) is 19.3 Å². The third-order valence-corrected chi connectivity index (χ3v) is 3.67. The standard InChI is InChI=1S/C16H20N2O4/c1-3-12(19)5-6-13-7-8-16(22-13)18-10-9-17(11-15(18)21)14(20)4-2/h4,7-8H,2-3,5-6,9-11H2,1H3. The van der Waals surface area contributed by atoms with E-state index in [-0.39, 0.29) is 24.1 Å². The van der Waals surface area contributed by atoms with Gasteiger partial charge in [0, 0.05) is 38.4 Å². The summed E-state index contributed by atoms with van der Waals surface area (Å²) in [7, 11) is 0. The summed E-state index contributed by atoms with van der Waals surface area (Å²) in [6, 6.07) is 3.52. The second kappa shape index (κ2) is 7.06. The third kappa shape index (κ3) is 3.63. The van der Waals surface area contributed by atoms with Gasteiger partial charge in [-0.2, -0.15) is 0 Å². The normalized spacial score (nSPS) is 15.0. The van der Waals surface area contributed by atoms with Crippen molar-refractivity contribution in [3.05, 3.63) is 30.5 Å². The van der Waals surface area contributed by atoms with Gasteiger partial charge in [-0.25, -0.2) is 0 Å². The van der Waals surface area contributed by atoms with Crippen LogP contribution in [0.5, 0.6) is 0 Å². The van der Waals surface area contributed by atoms with E-state index in [2.05, 4.69) is 6.58 Å². The lowest BCUT2D eigenvalue weighted by molar-refractivity contribution is -0.133. The van der Waals surface area contributed by atoms with Crippen LogP contribution in [0.1, 0.15) is 25.5 Å². The van der Waals surface area contributed by atoms with E-state index in [1.54, 1.807) is 12.1 Å². The van der Waals surface area contributed by atoms with Gasteiger partial charge in [0.2, 0.25) is 17.7 Å². The van der Waals surface area contributed by atoms with E-state index in [9.17, 15) is 14.4 Å². The van der Waals surface area contributed by atoms with E-state index >= 15 is 0 Å². The number of piperazine rings is 1. The van der Waals surface area contributed by atoms with E-state index in [0.29, 0.717) is 44.0 Å². The van der Waals surface area contributed by atoms with Gasteiger partial charge in [0.15, 0.2) is 0 Å². The highest BCUT2D eigenvalue weighted by molar-refractivity contribution is 5.98. The lowest BCUT2D eigenvalue weighted by Gasteiger charge is -2.32. The van der Waals surface area contributed by atoms with Crippen LogP contribution in [0.2, 0.25) is 0 Å². The first kappa shape index (κ1) is 16.0. The first-order valence-corrected chi connectivity index (χ1v) is 7.37. The van der Waals surface area contributed by atoms with Crippen molar-refractivity contribution in [1.29, 1.82) is 0 Å². The summed E-state index contributed by atoms with van der Waals surface area (Å²) in [4.78, 5) is 38.0. The Morgan fingerprint density at radius 2 is 2.14 bits per heavy atom. The van der Waals surface area contributed by atoms with E-state index in [0.717, 1.165) is 0 Å². The van der Waals surface area contributed by atoms with Crippen molar-refractivity contribution in [2.24, 2.45) is 0 Å². The molecule has 0 aromatic carbocycles. The predicted octanol–water partition coefficient (Wildman–Crippen LogP) is 1.55. The number of Topliss-reactive ketones (excluding diaryl/α,β-unsaturated/α-hetero) is 1. The summed E-state index contributed by atoms with van der Waals surface area (Å²) in [5.74, 6) is 0.910. The first-order chi connectivity index (χ1) is 10.5. The molecule has 2 amide bonds. The van der Waals surface area contributed by atoms with Crippen LogP contribution in [0.4, 0.5) is 5.88 Å². The van der Waals surface area contributed by atoms with Crippen LogP contribution >= 0.6 is 0 Å². The zero-order valence-electron chi connectivity index (χ0n) is 12.7. The SMILES string of the molecule is C=CC(=O)N1CCN(c2ccc(CCC(=O)CC)o2)C(=O)C1. The monoisotopic (exact) mass is 304 g/mol. The number of rotatable bonds is 6. The summed E-state index contributed by atoms with van der Waals surface area (Å²) in [6.07, 6.45) is 2.71. The maximum absolute atomic E-state index is 12.1. The molecule has 6 nitrogen and oxygen atoms in total. The molecular formula is C16H20N2O4. The molecule has 1 fully saturated rings. The van der Waals surface area contributed by atoms with Crippen molar-refractivity contribution in [3.8, 4) is 0 Å². The Bertz CT molecular complexity index is 591. The number of aryl methyl sites for hydroxylation is 1. The van der Waals surface area contributed by atoms with Gasteiger partial charge in [-0.05, 0) is 12.1 Å². The van der Waals surface area contributed by atoms with E-state index in [4.69, 9.17) is 4.42 Å². The Kier molecular flexibility index (Phi) is 5.14. The molecule has 2 rings (SSSR count). The Labute approximate surface area is 129 Å². The van der Waals surface area contributed by atoms with Crippen LogP contribution in [0.15, 0.2) is 29.2 Å². The highest BCUT2D eigenvalue weighted by atomic mass is 16.4. The quantitative estimate of drug-likeness (QED) is 0.748. The maximum Gasteiger partial charge on any atom is 0.248 e. The van der Waals surface area contributed by atoms with Crippen molar-refractivity contribution < 1.29 is 18.8 Å². The van der Waals surface area contributed by atoms with Gasteiger partial charge >= 0.3 is 0 Å². The average Bonchev–Trinajstić information content (AvgIpc) is 3.00. The minimum absolute atomic E-state index is 0.0230. The molecule has 0 N–H and O–H groups in total. The number of anilines is 1. The van der Waals surface area contributed by atoms with Gasteiger partial charge in [-0.1, -0.05) is 13.5 Å². The number of hydrogen-bond acceptors (Lipinski definition) is 4. The first-order valence-electron chi connectivity index (χ1n) is 7.37. The fourth-order valence-electron chi connectivity index (χ4n) is 2.31. The lowest BCUT2D eigenvalue weighted by atomic mass is 10.1. The molecule has 1 aliphatic rings. The van der Waals surface area contributed by atoms with Gasteiger partial charge in [0.1, 0.15) is 18.1 Å². The molecule has 1 aromatic heterocycles. The number of carbonyl (C=O) groups is 3. The van der Waals surface area contributed by atoms with Crippen molar-refractivity contribution in [3.63, 3.8) is 0 Å². The number of furan rings is 1. The molecule has 6 heteroatoms. The Morgan fingerprint density at radius 3 is 2.77 bits per heavy atom. The highest BCUT2D eigenvalue weighted by Gasteiger charge is 2.28. The summed E-state index contributed by atoms with van der Waals surface area (Å²) in [5, 5.41) is 0. The predicted molar refractivity (Wildman–Crippen MR) is 81.5 cm³/mol. The van der Waals surface area contributed by atoms with Gasteiger partial charge in [0.05, 0.1) is 0 Å². The molecule has 0 radical (unpaired) electrons. The molecule has 2 heterocycles. The molecule has 1 aromatic rings. The lowest BCUT2D eigenvalue weighted by Crippen LogP contribution is -2.52. The molecule has 0 atom stereocenters. The minimum Gasteiger partial charge on any atom is -0.445 e. The van der Waals surface area contributed by atoms with E-state index in [1.165, 1.54) is 15.9 Å². The largest absolute Gasteiger partial charge is 0.445 e. The molecule has 0 saturated carbocycles. The molecule has 0 aliphatic carbocycles. The fourth-order valence-corrected chi connectivity index (χ4v) is 2.31. The fraction of sp³-hybridized carbons (Fsp3) is 0.438. The third-order valence-electron chi connectivity index (χ3n) is 3.67. The molecule has 22 heavy (non-hydrogen) atoms. The van der Waals surface area contributed by atoms with Crippen LogP contribution in [-0.2, 0) is 20.8 Å². The van der Waals surface area contributed by atoms with Crippen LogP contribution < -0.4 is 4.90 Å². The van der Waals surface area contributed by atoms with Gasteiger partial charge in [0.25, 0.3) is 0 Å². The van der Waals surface area contributed by atoms with Gasteiger partial charge < -0.3 is 9.32 Å². The van der Waals surface area contributed by atoms with Crippen molar-refractivity contribution in [2.45, 2.75) is 26.2 Å². The topological polar surface area (TPSA) is 70.8 Å². The number of carbonyl (C=O) groups excluding carboxylic acids is 3. The maximum atomic E-state index is 12.1. The summed E-state index contributed by atoms with van der Waals surface area (Å²) in [5.41, 5.74) is 0. The molecule has 0 unspecified atom stereocenters. The Morgan fingerprint density at radius 1 is 1.36 bits per heavy atom. The Hall–Kier alpha value is -2.37. The van der Waals surface area contributed by atoms with E-state index in [1.807, 2.05) is 6.92 Å². The number of nitrogens with zero attached hydrogens (tertiary/aromatic N) is 2. The highest BCUT2D eigenvalue weighted by Crippen LogP contribution is 2.22. The molecule has 1 saturated heterocycles. The van der Waals surface area contributed by atoms with Crippen LogP contribution in [-0.4, -0.2) is 42.1 Å². The van der Waals surface area contributed by atoms with Crippen molar-refractivity contribution >= 4 is 23.5 Å². The van der Waals surface area contributed by atoms with Gasteiger partial charge in [-0.15, -0.1) is 0 Å². The Balaban J connectivity index is 1.97. The van der Waals surface area contributed by atoms with Crippen molar-refractivity contribution in [1.82, 2.24) is 4.90 Å². The molecule has 0 spiro atoms. The molecular weight excluding hydrogens is 284 g/mol. The second-order valence-corrected chi connectivity index (χ2v) is 5.14. The smallest absolute Gasteiger partial charge is 0.248 e. The van der Waals surface area contributed by atoms with Crippen LogP contribution in [0.25, 0.3) is 0 Å². The summed E-state index contributed by atoms with van der Waals surface area (Å²) in [6.45, 7) is 6.11.